The lowest BCUT2D eigenvalue weighted by atomic mass is 9.99. The van der Waals surface area contributed by atoms with Crippen molar-refractivity contribution in [3.63, 3.8) is 0 Å². The molecular formula is C17H21N3O4S2. The van der Waals surface area contributed by atoms with Gasteiger partial charge in [-0.1, -0.05) is 0 Å². The van der Waals surface area contributed by atoms with E-state index in [1.807, 2.05) is 6.92 Å². The molecule has 1 aromatic carbocycles. The van der Waals surface area contributed by atoms with Gasteiger partial charge in [-0.2, -0.15) is 4.31 Å². The number of carbonyl (C=O) groups excluding carboxylic acids is 1. The summed E-state index contributed by atoms with van der Waals surface area (Å²) < 4.78 is 32.2. The van der Waals surface area contributed by atoms with Crippen LogP contribution in [0.5, 0.6) is 5.75 Å². The second-order valence-corrected chi connectivity index (χ2v) is 9.32. The number of aromatic nitrogens is 1. The minimum absolute atomic E-state index is 0.171. The molecule has 1 aliphatic rings. The predicted molar refractivity (Wildman–Crippen MR) is 100.0 cm³/mol. The number of sulfonamides is 1. The number of aryl methyl sites for hydroxylation is 1. The minimum atomic E-state index is -3.64. The first-order valence-electron chi connectivity index (χ1n) is 8.27. The summed E-state index contributed by atoms with van der Waals surface area (Å²) in [6, 6.07) is 6.28. The number of nitrogens with zero attached hydrogens (tertiary/aromatic N) is 2. The van der Waals surface area contributed by atoms with Crippen LogP contribution in [0.4, 0.5) is 5.13 Å². The highest BCUT2D eigenvalue weighted by atomic mass is 32.2. The summed E-state index contributed by atoms with van der Waals surface area (Å²) in [7, 11) is -2.11. The Labute approximate surface area is 157 Å². The smallest absolute Gasteiger partial charge is 0.243 e. The molecule has 2 heterocycles. The van der Waals surface area contributed by atoms with E-state index in [9.17, 15) is 13.2 Å². The summed E-state index contributed by atoms with van der Waals surface area (Å²) in [6.45, 7) is 2.50. The monoisotopic (exact) mass is 395 g/mol. The SMILES string of the molecule is COc1ccc(S(=O)(=O)N2CCC[C@H](C(=O)Nc3ncc(C)s3)C2)cc1. The van der Waals surface area contributed by atoms with Gasteiger partial charge in [0.2, 0.25) is 15.9 Å². The van der Waals surface area contributed by atoms with Crippen LogP contribution in [0.15, 0.2) is 35.4 Å². The van der Waals surface area contributed by atoms with Gasteiger partial charge in [0.15, 0.2) is 5.13 Å². The summed E-state index contributed by atoms with van der Waals surface area (Å²) >= 11 is 1.40. The average molecular weight is 396 g/mol. The molecule has 9 heteroatoms. The molecule has 1 amide bonds. The van der Waals surface area contributed by atoms with Crippen LogP contribution in [0.2, 0.25) is 0 Å². The standard InChI is InChI=1S/C17H21N3O4S2/c1-12-10-18-17(25-12)19-16(21)13-4-3-9-20(11-13)26(22,23)15-7-5-14(24-2)6-8-15/h5-8,10,13H,3-4,9,11H2,1-2H3,(H,18,19,21)/t13-/m0/s1. The molecule has 0 unspecified atom stereocenters. The van der Waals surface area contributed by atoms with Gasteiger partial charge >= 0.3 is 0 Å². The van der Waals surface area contributed by atoms with Crippen LogP contribution in [0.1, 0.15) is 17.7 Å². The van der Waals surface area contributed by atoms with Crippen LogP contribution < -0.4 is 10.1 Å². The molecular weight excluding hydrogens is 374 g/mol. The first kappa shape index (κ1) is 18.8. The van der Waals surface area contributed by atoms with Crippen LogP contribution in [0, 0.1) is 12.8 Å². The van der Waals surface area contributed by atoms with Crippen molar-refractivity contribution in [2.75, 3.05) is 25.5 Å². The van der Waals surface area contributed by atoms with E-state index in [-0.39, 0.29) is 23.3 Å². The molecule has 1 aliphatic heterocycles. The molecule has 2 aromatic rings. The molecule has 0 saturated carbocycles. The Bertz CT molecular complexity index is 878. The second kappa shape index (κ2) is 7.73. The van der Waals surface area contributed by atoms with Gasteiger partial charge in [0, 0.05) is 24.2 Å². The van der Waals surface area contributed by atoms with E-state index in [4.69, 9.17) is 4.74 Å². The zero-order valence-corrected chi connectivity index (χ0v) is 16.3. The number of hydrogen-bond donors (Lipinski definition) is 1. The molecule has 1 aromatic heterocycles. The topological polar surface area (TPSA) is 88.6 Å². The molecule has 0 aliphatic carbocycles. The molecule has 1 saturated heterocycles. The third-order valence-electron chi connectivity index (χ3n) is 4.30. The fourth-order valence-corrected chi connectivity index (χ4v) is 5.08. The lowest BCUT2D eigenvalue weighted by molar-refractivity contribution is -0.120. The van der Waals surface area contributed by atoms with E-state index in [1.54, 1.807) is 18.3 Å². The van der Waals surface area contributed by atoms with Crippen LogP contribution >= 0.6 is 11.3 Å². The van der Waals surface area contributed by atoms with Crippen molar-refractivity contribution in [3.8, 4) is 5.75 Å². The van der Waals surface area contributed by atoms with Gasteiger partial charge in [0.25, 0.3) is 0 Å². The maximum atomic E-state index is 12.9. The highest BCUT2D eigenvalue weighted by Crippen LogP contribution is 2.26. The van der Waals surface area contributed by atoms with Gasteiger partial charge in [-0.05, 0) is 44.0 Å². The number of carbonyl (C=O) groups is 1. The summed E-state index contributed by atoms with van der Waals surface area (Å²) in [6.07, 6.45) is 3.00. The number of rotatable bonds is 5. The zero-order valence-electron chi connectivity index (χ0n) is 14.6. The van der Waals surface area contributed by atoms with Gasteiger partial charge < -0.3 is 10.1 Å². The molecule has 0 bridgehead atoms. The summed E-state index contributed by atoms with van der Waals surface area (Å²) in [4.78, 5) is 17.8. The zero-order chi connectivity index (χ0) is 18.7. The molecule has 140 valence electrons. The van der Waals surface area contributed by atoms with E-state index in [1.165, 1.54) is 34.9 Å². The van der Waals surface area contributed by atoms with E-state index >= 15 is 0 Å². The number of nitrogens with one attached hydrogen (secondary N) is 1. The number of thiazole rings is 1. The number of amides is 1. The Kier molecular flexibility index (Phi) is 5.59. The summed E-state index contributed by atoms with van der Waals surface area (Å²) in [5.41, 5.74) is 0. The predicted octanol–water partition coefficient (Wildman–Crippen LogP) is 2.50. The minimum Gasteiger partial charge on any atom is -0.497 e. The molecule has 26 heavy (non-hydrogen) atoms. The number of ether oxygens (including phenoxy) is 1. The van der Waals surface area contributed by atoms with Crippen LogP contribution in [0.25, 0.3) is 0 Å². The first-order valence-corrected chi connectivity index (χ1v) is 10.5. The number of piperidine rings is 1. The van der Waals surface area contributed by atoms with Crippen molar-refractivity contribution in [2.24, 2.45) is 5.92 Å². The van der Waals surface area contributed by atoms with Gasteiger partial charge in [-0.15, -0.1) is 11.3 Å². The van der Waals surface area contributed by atoms with Gasteiger partial charge in [-0.3, -0.25) is 4.79 Å². The van der Waals surface area contributed by atoms with E-state index < -0.39 is 10.0 Å². The van der Waals surface area contributed by atoms with Crippen molar-refractivity contribution in [3.05, 3.63) is 35.3 Å². The Morgan fingerprint density at radius 1 is 1.35 bits per heavy atom. The van der Waals surface area contributed by atoms with Gasteiger partial charge in [0.05, 0.1) is 17.9 Å². The highest BCUT2D eigenvalue weighted by molar-refractivity contribution is 7.89. The fraction of sp³-hybridized carbons (Fsp3) is 0.412. The normalized spacial score (nSPS) is 18.5. The van der Waals surface area contributed by atoms with E-state index in [0.29, 0.717) is 30.3 Å². The maximum absolute atomic E-state index is 12.9. The third kappa shape index (κ3) is 4.05. The Morgan fingerprint density at radius 2 is 2.08 bits per heavy atom. The Balaban J connectivity index is 1.71. The number of anilines is 1. The summed E-state index contributed by atoms with van der Waals surface area (Å²) in [5.74, 6) is 0.0218. The van der Waals surface area contributed by atoms with E-state index in [0.717, 1.165) is 4.88 Å². The first-order chi connectivity index (χ1) is 12.4. The number of benzene rings is 1. The lowest BCUT2D eigenvalue weighted by Gasteiger charge is -2.31. The summed E-state index contributed by atoms with van der Waals surface area (Å²) in [5, 5.41) is 3.33. The maximum Gasteiger partial charge on any atom is 0.243 e. The highest BCUT2D eigenvalue weighted by Gasteiger charge is 2.33. The molecule has 1 N–H and O–H groups in total. The van der Waals surface area contributed by atoms with Crippen molar-refractivity contribution in [2.45, 2.75) is 24.7 Å². The molecule has 0 spiro atoms. The average Bonchev–Trinajstić information content (AvgIpc) is 3.06. The van der Waals surface area contributed by atoms with Crippen LogP contribution in [0.3, 0.4) is 0 Å². The lowest BCUT2D eigenvalue weighted by Crippen LogP contribution is -2.43. The molecule has 1 fully saturated rings. The van der Waals surface area contributed by atoms with Gasteiger partial charge in [-0.25, -0.2) is 13.4 Å². The third-order valence-corrected chi connectivity index (χ3v) is 7.01. The van der Waals surface area contributed by atoms with Crippen molar-refractivity contribution in [1.29, 1.82) is 0 Å². The largest absolute Gasteiger partial charge is 0.497 e. The molecule has 1 atom stereocenters. The van der Waals surface area contributed by atoms with E-state index in [2.05, 4.69) is 10.3 Å². The fourth-order valence-electron chi connectivity index (χ4n) is 2.89. The van der Waals surface area contributed by atoms with Gasteiger partial charge in [0.1, 0.15) is 5.75 Å². The number of methoxy groups -OCH3 is 1. The van der Waals surface area contributed by atoms with Crippen LogP contribution in [-0.2, 0) is 14.8 Å². The molecule has 0 radical (unpaired) electrons. The molecule has 3 rings (SSSR count). The van der Waals surface area contributed by atoms with Crippen molar-refractivity contribution < 1.29 is 17.9 Å². The quantitative estimate of drug-likeness (QED) is 0.840. The van der Waals surface area contributed by atoms with Crippen LogP contribution in [-0.4, -0.2) is 43.8 Å². The Morgan fingerprint density at radius 3 is 2.69 bits per heavy atom. The van der Waals surface area contributed by atoms with Crippen molar-refractivity contribution in [1.82, 2.24) is 9.29 Å². The van der Waals surface area contributed by atoms with Crippen molar-refractivity contribution >= 4 is 32.4 Å². The molecule has 7 nitrogen and oxygen atoms in total. The second-order valence-electron chi connectivity index (χ2n) is 6.14. The number of hydrogen-bond acceptors (Lipinski definition) is 6. The Hall–Kier alpha value is -1.97.